The molecule has 0 bridgehead atoms. The van der Waals surface area contributed by atoms with Crippen LogP contribution >= 0.6 is 23.2 Å². The number of carbonyl (C=O) groups excluding carboxylic acids is 1. The first-order valence-electron chi connectivity index (χ1n) is 9.39. The van der Waals surface area contributed by atoms with Crippen molar-refractivity contribution in [2.45, 2.75) is 13.1 Å². The van der Waals surface area contributed by atoms with E-state index in [1.165, 1.54) is 0 Å². The summed E-state index contributed by atoms with van der Waals surface area (Å²) in [4.78, 5) is 19.2. The number of pyridine rings is 1. The van der Waals surface area contributed by atoms with Gasteiger partial charge in [-0.05, 0) is 42.0 Å². The number of carbonyl (C=O) groups is 1. The lowest BCUT2D eigenvalue weighted by Crippen LogP contribution is -2.31. The second kappa shape index (κ2) is 7.76. The fourth-order valence-corrected chi connectivity index (χ4v) is 3.92. The maximum Gasteiger partial charge on any atom is 0.232 e. The van der Waals surface area contributed by atoms with Crippen LogP contribution in [0.15, 0.2) is 60.5 Å². The lowest BCUT2D eigenvalue weighted by molar-refractivity contribution is 0.0873. The number of aromatic nitrogens is 1. The molecule has 0 amide bonds. The fraction of sp³-hybridized carbons (Fsp3) is 0.130. The van der Waals surface area contributed by atoms with Crippen LogP contribution in [-0.4, -0.2) is 22.4 Å². The zero-order valence-corrected chi connectivity index (χ0v) is 17.3. The summed E-state index contributed by atoms with van der Waals surface area (Å²) in [5, 5.41) is 1.05. The van der Waals surface area contributed by atoms with Crippen molar-refractivity contribution < 1.29 is 14.3 Å². The average Bonchev–Trinajstić information content (AvgIpc) is 3.07. The summed E-state index contributed by atoms with van der Waals surface area (Å²) in [6, 6.07) is 14.7. The third-order valence-electron chi connectivity index (χ3n) is 5.04. The molecule has 7 heteroatoms. The summed E-state index contributed by atoms with van der Waals surface area (Å²) in [5.74, 6) is 1.39. The minimum atomic E-state index is -0.153. The predicted molar refractivity (Wildman–Crippen MR) is 115 cm³/mol. The van der Waals surface area contributed by atoms with E-state index in [1.54, 1.807) is 24.4 Å². The maximum atomic E-state index is 12.8. The largest absolute Gasteiger partial charge is 0.478 e. The first-order valence-corrected chi connectivity index (χ1v) is 10.1. The first kappa shape index (κ1) is 19.1. The van der Waals surface area contributed by atoms with Crippen molar-refractivity contribution in [1.82, 2.24) is 9.88 Å². The number of hydrogen-bond donors (Lipinski definition) is 0. The van der Waals surface area contributed by atoms with E-state index >= 15 is 0 Å². The standard InChI is InChI=1S/C23H16Cl2N2O3/c24-18-6-4-14(9-19(18)25)11-27-12-17-20(29-13-27)7-5-16-22(28)21(30-23(16)17)10-15-3-1-2-8-26-15/h1-10H,11-13H2/b21-10-. The number of rotatable bonds is 3. The molecule has 3 heterocycles. The Morgan fingerprint density at radius 3 is 2.80 bits per heavy atom. The van der Waals surface area contributed by atoms with Crippen LogP contribution in [0.5, 0.6) is 11.5 Å². The lowest BCUT2D eigenvalue weighted by Gasteiger charge is -2.29. The van der Waals surface area contributed by atoms with Gasteiger partial charge in [-0.1, -0.05) is 35.3 Å². The van der Waals surface area contributed by atoms with Crippen molar-refractivity contribution in [2.24, 2.45) is 0 Å². The Labute approximate surface area is 183 Å². The third-order valence-corrected chi connectivity index (χ3v) is 5.78. The van der Waals surface area contributed by atoms with Gasteiger partial charge in [0, 0.05) is 25.4 Å². The van der Waals surface area contributed by atoms with Crippen LogP contribution in [0.25, 0.3) is 6.08 Å². The van der Waals surface area contributed by atoms with Gasteiger partial charge in [0.2, 0.25) is 5.78 Å². The molecule has 0 N–H and O–H groups in total. The average molecular weight is 439 g/mol. The van der Waals surface area contributed by atoms with E-state index < -0.39 is 0 Å². The molecule has 3 aromatic rings. The molecule has 0 fully saturated rings. The number of benzene rings is 2. The van der Waals surface area contributed by atoms with Gasteiger partial charge in [0.25, 0.3) is 0 Å². The topological polar surface area (TPSA) is 51.7 Å². The molecule has 5 nitrogen and oxygen atoms in total. The van der Waals surface area contributed by atoms with Gasteiger partial charge in [-0.3, -0.25) is 14.7 Å². The van der Waals surface area contributed by atoms with Crippen molar-refractivity contribution >= 4 is 35.1 Å². The first-order chi connectivity index (χ1) is 14.6. The quantitative estimate of drug-likeness (QED) is 0.515. The molecule has 0 saturated heterocycles. The number of halogens is 2. The van der Waals surface area contributed by atoms with Gasteiger partial charge < -0.3 is 9.47 Å². The summed E-state index contributed by atoms with van der Waals surface area (Å²) >= 11 is 12.1. The van der Waals surface area contributed by atoms with Crippen LogP contribution in [-0.2, 0) is 13.1 Å². The van der Waals surface area contributed by atoms with Crippen LogP contribution < -0.4 is 9.47 Å². The highest BCUT2D eigenvalue weighted by atomic mass is 35.5. The molecule has 2 aliphatic rings. The molecule has 150 valence electrons. The number of ether oxygens (including phenoxy) is 2. The minimum Gasteiger partial charge on any atom is -0.478 e. The summed E-state index contributed by atoms with van der Waals surface area (Å²) in [6.45, 7) is 1.64. The number of hydrogen-bond acceptors (Lipinski definition) is 5. The molecule has 0 spiro atoms. The fourth-order valence-electron chi connectivity index (χ4n) is 3.60. The molecular weight excluding hydrogens is 423 g/mol. The van der Waals surface area contributed by atoms with Gasteiger partial charge in [-0.2, -0.15) is 0 Å². The molecule has 0 radical (unpaired) electrons. The number of ketones is 1. The second-order valence-corrected chi connectivity index (χ2v) is 7.94. The Morgan fingerprint density at radius 1 is 1.10 bits per heavy atom. The van der Waals surface area contributed by atoms with E-state index in [2.05, 4.69) is 9.88 Å². The van der Waals surface area contributed by atoms with E-state index in [0.717, 1.165) is 16.9 Å². The second-order valence-electron chi connectivity index (χ2n) is 7.12. The van der Waals surface area contributed by atoms with Gasteiger partial charge in [-0.15, -0.1) is 0 Å². The summed E-state index contributed by atoms with van der Waals surface area (Å²) in [5.41, 5.74) is 3.09. The van der Waals surface area contributed by atoms with Crippen LogP contribution in [0.3, 0.4) is 0 Å². The Hall–Kier alpha value is -2.86. The van der Waals surface area contributed by atoms with Gasteiger partial charge in [0.05, 0.1) is 26.9 Å². The van der Waals surface area contributed by atoms with E-state index in [1.807, 2.05) is 36.4 Å². The predicted octanol–water partition coefficient (Wildman–Crippen LogP) is 5.36. The molecule has 0 aliphatic carbocycles. The molecule has 1 aromatic heterocycles. The molecular formula is C23H16Cl2N2O3. The third kappa shape index (κ3) is 3.56. The Bertz CT molecular complexity index is 1180. The summed E-state index contributed by atoms with van der Waals surface area (Å²) < 4.78 is 11.9. The van der Waals surface area contributed by atoms with Crippen molar-refractivity contribution in [3.63, 3.8) is 0 Å². The van der Waals surface area contributed by atoms with Gasteiger partial charge in [0.15, 0.2) is 5.76 Å². The van der Waals surface area contributed by atoms with Crippen LogP contribution in [0.4, 0.5) is 0 Å². The Morgan fingerprint density at radius 2 is 2.00 bits per heavy atom. The lowest BCUT2D eigenvalue weighted by atomic mass is 10.0. The maximum absolute atomic E-state index is 12.8. The van der Waals surface area contributed by atoms with Crippen LogP contribution in [0.1, 0.15) is 27.2 Å². The zero-order valence-electron chi connectivity index (χ0n) is 15.8. The summed E-state index contributed by atoms with van der Waals surface area (Å²) in [7, 11) is 0. The molecule has 30 heavy (non-hydrogen) atoms. The highest BCUT2D eigenvalue weighted by molar-refractivity contribution is 6.42. The van der Waals surface area contributed by atoms with Crippen molar-refractivity contribution in [3.05, 3.63) is 92.9 Å². The van der Waals surface area contributed by atoms with Gasteiger partial charge in [-0.25, -0.2) is 0 Å². The zero-order chi connectivity index (χ0) is 20.7. The normalized spacial score (nSPS) is 16.7. The number of allylic oxidation sites excluding steroid dienone is 1. The molecule has 0 unspecified atom stereocenters. The molecule has 2 aromatic carbocycles. The Balaban J connectivity index is 1.42. The number of Topliss-reactive ketones (excluding diaryl/α,β-unsaturated/α-hetero) is 1. The number of fused-ring (bicyclic) bond motifs is 3. The van der Waals surface area contributed by atoms with Crippen molar-refractivity contribution in [2.75, 3.05) is 6.73 Å². The highest BCUT2D eigenvalue weighted by Gasteiger charge is 2.33. The Kier molecular flexibility index (Phi) is 4.95. The van der Waals surface area contributed by atoms with E-state index in [-0.39, 0.29) is 11.5 Å². The van der Waals surface area contributed by atoms with Gasteiger partial charge >= 0.3 is 0 Å². The van der Waals surface area contributed by atoms with E-state index in [0.29, 0.717) is 46.9 Å². The smallest absolute Gasteiger partial charge is 0.232 e. The highest BCUT2D eigenvalue weighted by Crippen LogP contribution is 2.42. The molecule has 0 atom stereocenters. The summed E-state index contributed by atoms with van der Waals surface area (Å²) in [6.07, 6.45) is 3.33. The molecule has 2 aliphatic heterocycles. The van der Waals surface area contributed by atoms with Crippen LogP contribution in [0.2, 0.25) is 10.0 Å². The van der Waals surface area contributed by atoms with E-state index in [4.69, 9.17) is 32.7 Å². The van der Waals surface area contributed by atoms with Gasteiger partial charge in [0.1, 0.15) is 18.2 Å². The van der Waals surface area contributed by atoms with Crippen molar-refractivity contribution in [1.29, 1.82) is 0 Å². The number of nitrogens with zero attached hydrogens (tertiary/aromatic N) is 2. The molecule has 5 rings (SSSR count). The van der Waals surface area contributed by atoms with Crippen LogP contribution in [0, 0.1) is 0 Å². The SMILES string of the molecule is O=C1/C(=C/c2ccccn2)Oc2c1ccc1c2CN(Cc2ccc(Cl)c(Cl)c2)CO1. The monoisotopic (exact) mass is 438 g/mol. The van der Waals surface area contributed by atoms with E-state index in [9.17, 15) is 4.79 Å². The van der Waals surface area contributed by atoms with Crippen molar-refractivity contribution in [3.8, 4) is 11.5 Å². The molecule has 0 saturated carbocycles. The minimum absolute atomic E-state index is 0.153.